The first-order valence-corrected chi connectivity index (χ1v) is 8.19. The van der Waals surface area contributed by atoms with Crippen molar-refractivity contribution in [2.75, 3.05) is 0 Å². The fraction of sp³-hybridized carbons (Fsp3) is 0.300. The molecule has 0 bridgehead atoms. The fourth-order valence-electron chi connectivity index (χ4n) is 3.21. The van der Waals surface area contributed by atoms with E-state index in [4.69, 9.17) is 4.42 Å². The van der Waals surface area contributed by atoms with Gasteiger partial charge in [0.1, 0.15) is 5.42 Å². The second kappa shape index (κ2) is 5.34. The number of rotatable bonds is 2. The van der Waals surface area contributed by atoms with E-state index in [-0.39, 0.29) is 0 Å². The second-order valence-corrected chi connectivity index (χ2v) is 6.50. The summed E-state index contributed by atoms with van der Waals surface area (Å²) in [5, 5.41) is 2.27. The number of nitrogens with zero attached hydrogens (tertiary/aromatic N) is 2. The largest absolute Gasteiger partial charge is 0.437 e. The van der Waals surface area contributed by atoms with Crippen LogP contribution in [-0.4, -0.2) is 9.97 Å². The molecule has 0 aliphatic heterocycles. The van der Waals surface area contributed by atoms with E-state index in [9.17, 15) is 0 Å². The molecular formula is C20H20N2O. The van der Waals surface area contributed by atoms with Crippen molar-refractivity contribution in [1.29, 1.82) is 0 Å². The topological polar surface area (TPSA) is 38.9 Å². The Kier molecular flexibility index (Phi) is 3.29. The molecule has 23 heavy (non-hydrogen) atoms. The summed E-state index contributed by atoms with van der Waals surface area (Å²) in [6.45, 7) is 6.40. The number of furan rings is 1. The minimum absolute atomic E-state index is 0.493. The summed E-state index contributed by atoms with van der Waals surface area (Å²) in [5.74, 6) is 0.493. The van der Waals surface area contributed by atoms with Gasteiger partial charge in [0.2, 0.25) is 5.71 Å². The van der Waals surface area contributed by atoms with E-state index in [0.29, 0.717) is 5.92 Å². The van der Waals surface area contributed by atoms with E-state index >= 15 is 0 Å². The van der Waals surface area contributed by atoms with Crippen LogP contribution in [0.15, 0.2) is 34.9 Å². The lowest BCUT2D eigenvalue weighted by Crippen LogP contribution is -2.26. The zero-order valence-corrected chi connectivity index (χ0v) is 13.8. The van der Waals surface area contributed by atoms with Crippen LogP contribution in [-0.2, 0) is 0 Å². The van der Waals surface area contributed by atoms with Gasteiger partial charge in [0.15, 0.2) is 0 Å². The third-order valence-electron chi connectivity index (χ3n) is 4.51. The monoisotopic (exact) mass is 304 g/mol. The first-order valence-electron chi connectivity index (χ1n) is 8.19. The summed E-state index contributed by atoms with van der Waals surface area (Å²) in [6, 6.07) is 8.43. The van der Waals surface area contributed by atoms with Gasteiger partial charge in [-0.25, -0.2) is 4.98 Å². The molecule has 0 amide bonds. The van der Waals surface area contributed by atoms with Crippen molar-refractivity contribution >= 4 is 22.7 Å². The Morgan fingerprint density at radius 3 is 2.87 bits per heavy atom. The lowest BCUT2D eigenvalue weighted by Gasteiger charge is -2.10. The van der Waals surface area contributed by atoms with Crippen LogP contribution in [0.4, 0.5) is 0 Å². The summed E-state index contributed by atoms with van der Waals surface area (Å²) in [5.41, 5.74) is 6.18. The van der Waals surface area contributed by atoms with Crippen molar-refractivity contribution < 1.29 is 4.42 Å². The molecular weight excluding hydrogens is 284 g/mol. The van der Waals surface area contributed by atoms with Crippen molar-refractivity contribution in [3.05, 3.63) is 58.0 Å². The van der Waals surface area contributed by atoms with E-state index < -0.39 is 0 Å². The maximum absolute atomic E-state index is 6.12. The fourth-order valence-corrected chi connectivity index (χ4v) is 3.21. The molecule has 3 nitrogen and oxygen atoms in total. The van der Waals surface area contributed by atoms with E-state index in [2.05, 4.69) is 48.1 Å². The van der Waals surface area contributed by atoms with Gasteiger partial charge in [-0.15, -0.1) is 0 Å². The number of hydrogen-bond donors (Lipinski definition) is 0. The molecule has 1 aliphatic carbocycles. The molecule has 116 valence electrons. The molecule has 3 heterocycles. The lowest BCUT2D eigenvalue weighted by atomic mass is 9.97. The van der Waals surface area contributed by atoms with Crippen molar-refractivity contribution in [2.24, 2.45) is 0 Å². The van der Waals surface area contributed by atoms with E-state index in [1.807, 2.05) is 19.2 Å². The highest BCUT2D eigenvalue weighted by Gasteiger charge is 2.15. The molecule has 0 saturated heterocycles. The van der Waals surface area contributed by atoms with Crippen molar-refractivity contribution in [3.63, 3.8) is 0 Å². The average Bonchev–Trinajstić information content (AvgIpc) is 2.92. The Morgan fingerprint density at radius 1 is 1.17 bits per heavy atom. The summed E-state index contributed by atoms with van der Waals surface area (Å²) in [4.78, 5) is 9.13. The van der Waals surface area contributed by atoms with Crippen molar-refractivity contribution in [2.45, 2.75) is 39.5 Å². The number of hydrogen-bond acceptors (Lipinski definition) is 3. The molecule has 4 rings (SSSR count). The molecule has 3 aromatic rings. The molecule has 0 unspecified atom stereocenters. The van der Waals surface area contributed by atoms with Crippen LogP contribution in [0, 0.1) is 6.92 Å². The highest BCUT2D eigenvalue weighted by Crippen LogP contribution is 2.22. The molecule has 0 radical (unpaired) electrons. The molecule has 3 aromatic heterocycles. The molecule has 0 saturated carbocycles. The first-order chi connectivity index (χ1) is 11.1. The SMILES string of the molecule is Cc1ccc2c3c(oc2n1)=C(c1cc(C(C)C)ccn1)CCC=3. The van der Waals surface area contributed by atoms with Gasteiger partial charge in [0.25, 0.3) is 0 Å². The third-order valence-corrected chi connectivity index (χ3v) is 4.51. The molecule has 1 aliphatic rings. The van der Waals surface area contributed by atoms with Crippen LogP contribution in [0.25, 0.3) is 22.7 Å². The lowest BCUT2D eigenvalue weighted by molar-refractivity contribution is 0.556. The quantitative estimate of drug-likeness (QED) is 0.728. The predicted molar refractivity (Wildman–Crippen MR) is 92.5 cm³/mol. The van der Waals surface area contributed by atoms with Gasteiger partial charge in [-0.2, -0.15) is 0 Å². The average molecular weight is 304 g/mol. The normalized spacial score (nSPS) is 14.2. The van der Waals surface area contributed by atoms with Gasteiger partial charge in [0, 0.05) is 28.1 Å². The van der Waals surface area contributed by atoms with Gasteiger partial charge in [-0.3, -0.25) is 4.98 Å². The Hall–Kier alpha value is -2.42. The van der Waals surface area contributed by atoms with Gasteiger partial charge < -0.3 is 4.42 Å². The summed E-state index contributed by atoms with van der Waals surface area (Å²) < 4.78 is 6.12. The van der Waals surface area contributed by atoms with Crippen LogP contribution >= 0.6 is 0 Å². The maximum atomic E-state index is 6.12. The molecule has 0 atom stereocenters. The summed E-state index contributed by atoms with van der Waals surface area (Å²) >= 11 is 0. The molecule has 0 aromatic carbocycles. The Balaban J connectivity index is 2.03. The van der Waals surface area contributed by atoms with Crippen LogP contribution in [0.1, 0.15) is 49.6 Å². The number of fused-ring (bicyclic) bond motifs is 3. The number of aryl methyl sites for hydroxylation is 1. The van der Waals surface area contributed by atoms with Gasteiger partial charge >= 0.3 is 0 Å². The minimum atomic E-state index is 0.493. The van der Waals surface area contributed by atoms with Crippen molar-refractivity contribution in [1.82, 2.24) is 9.97 Å². The summed E-state index contributed by atoms with van der Waals surface area (Å²) in [6.07, 6.45) is 6.13. The standard InChI is InChI=1S/C20H20N2O/c1-12(2)14-9-10-21-18(11-14)17-6-4-5-15-16-8-7-13(3)22-20(16)23-19(15)17/h5,7-12H,4,6H2,1-3H3. The van der Waals surface area contributed by atoms with E-state index in [1.165, 1.54) is 16.4 Å². The molecule has 3 heteroatoms. The smallest absolute Gasteiger partial charge is 0.227 e. The van der Waals surface area contributed by atoms with Gasteiger partial charge in [-0.1, -0.05) is 19.9 Å². The maximum Gasteiger partial charge on any atom is 0.227 e. The zero-order valence-electron chi connectivity index (χ0n) is 13.8. The second-order valence-electron chi connectivity index (χ2n) is 6.50. The highest BCUT2D eigenvalue weighted by molar-refractivity contribution is 5.78. The molecule has 0 spiro atoms. The first kappa shape index (κ1) is 14.2. The molecule has 0 fully saturated rings. The Morgan fingerprint density at radius 2 is 2.04 bits per heavy atom. The molecule has 0 N–H and O–H groups in total. The van der Waals surface area contributed by atoms with Gasteiger partial charge in [0.05, 0.1) is 5.69 Å². The minimum Gasteiger partial charge on any atom is -0.437 e. The highest BCUT2D eigenvalue weighted by atomic mass is 16.3. The van der Waals surface area contributed by atoms with Crippen LogP contribution in [0.3, 0.4) is 0 Å². The van der Waals surface area contributed by atoms with Crippen LogP contribution < -0.4 is 10.6 Å². The van der Waals surface area contributed by atoms with E-state index in [1.54, 1.807) is 0 Å². The van der Waals surface area contributed by atoms with Gasteiger partial charge in [-0.05, 0) is 55.5 Å². The number of aromatic nitrogens is 2. The zero-order chi connectivity index (χ0) is 16.0. The summed E-state index contributed by atoms with van der Waals surface area (Å²) in [7, 11) is 0. The number of pyridine rings is 2. The predicted octanol–water partition coefficient (Wildman–Crippen LogP) is 3.43. The van der Waals surface area contributed by atoms with Crippen LogP contribution in [0.2, 0.25) is 0 Å². The van der Waals surface area contributed by atoms with Crippen molar-refractivity contribution in [3.8, 4) is 0 Å². The Bertz CT molecular complexity index is 1010. The third kappa shape index (κ3) is 2.37. The van der Waals surface area contributed by atoms with E-state index in [0.717, 1.165) is 40.7 Å². The van der Waals surface area contributed by atoms with Crippen LogP contribution in [0.5, 0.6) is 0 Å². The Labute approximate surface area is 135 Å².